The largest absolute Gasteiger partial charge is 0.507 e. The number of likely N-dealkylation sites (tertiary alicyclic amines) is 1. The van der Waals surface area contributed by atoms with Gasteiger partial charge in [0.05, 0.1) is 34.5 Å². The molecule has 14 heteroatoms. The average molecular weight is 716 g/mol. The zero-order valence-corrected chi connectivity index (χ0v) is 29.3. The Labute approximate surface area is 305 Å². The molecule has 0 radical (unpaired) electrons. The van der Waals surface area contributed by atoms with Gasteiger partial charge in [-0.15, -0.1) is 5.10 Å². The number of phenolic OH excluding ortho intramolecular Hbond substituents is 1. The first kappa shape index (κ1) is 34.1. The van der Waals surface area contributed by atoms with Crippen LogP contribution in [0.2, 0.25) is 0 Å². The fourth-order valence-corrected chi connectivity index (χ4v) is 7.94. The van der Waals surface area contributed by atoms with Gasteiger partial charge in [0, 0.05) is 56.6 Å². The molecule has 3 saturated heterocycles. The van der Waals surface area contributed by atoms with Crippen molar-refractivity contribution in [3.8, 4) is 5.75 Å². The number of carbonyl (C=O) groups excluding carboxylic acids is 3. The second-order valence-corrected chi connectivity index (χ2v) is 14.1. The highest BCUT2D eigenvalue weighted by atomic mass is 16.3. The zero-order valence-electron chi connectivity index (χ0n) is 29.3. The number of allylic oxidation sites excluding steroid dienone is 1. The number of hydrogen-bond acceptors (Lipinski definition) is 10. The molecule has 8 rings (SSSR count). The molecule has 2 aromatic carbocycles. The number of imidazole rings is 1. The molecule has 2 N–H and O–H groups in total. The van der Waals surface area contributed by atoms with Crippen molar-refractivity contribution in [3.63, 3.8) is 0 Å². The number of ketones is 1. The standard InChI is InChI=1S/C39H41N9O5/c49-34-14-6-3-11-30(34)35(50)18-20-44-24-29-21-28(44)25-47(29)36-15-8-10-26(40-36)22-45-23-27(42-43-45)9-2-1-7-19-46-31-12-4-5-13-32(31)48(39(46)53)33-16-17-37(51)41-38(33)52/h3-6,8,10-15,18,20,23,28-29,33,49H,1-2,7,9,16-17,19,21-22,24-25H2,(H,41,51,52)/b20-18+/t28-,29-,33?/m1/s1. The van der Waals surface area contributed by atoms with Crippen LogP contribution in [0.5, 0.6) is 5.75 Å². The number of piperidine rings is 1. The van der Waals surface area contributed by atoms with Gasteiger partial charge in [-0.25, -0.2) is 14.5 Å². The molecule has 14 nitrogen and oxygen atoms in total. The lowest BCUT2D eigenvalue weighted by atomic mass is 10.1. The van der Waals surface area contributed by atoms with E-state index in [1.54, 1.807) is 28.8 Å². The Hall–Kier alpha value is -6.05. The second kappa shape index (κ2) is 14.5. The topological polar surface area (TPSA) is 160 Å². The van der Waals surface area contributed by atoms with Gasteiger partial charge in [-0.1, -0.05) is 42.0 Å². The molecule has 3 aromatic heterocycles. The van der Waals surface area contributed by atoms with Crippen LogP contribution in [0, 0.1) is 0 Å². The van der Waals surface area contributed by atoms with Gasteiger partial charge < -0.3 is 14.9 Å². The molecule has 6 heterocycles. The summed E-state index contributed by atoms with van der Waals surface area (Å²) < 4.78 is 5.09. The van der Waals surface area contributed by atoms with E-state index in [4.69, 9.17) is 4.98 Å². The van der Waals surface area contributed by atoms with Crippen molar-refractivity contribution in [1.29, 1.82) is 0 Å². The number of pyridine rings is 1. The number of fused-ring (bicyclic) bond motifs is 3. The Morgan fingerprint density at radius 3 is 2.55 bits per heavy atom. The molecule has 3 fully saturated rings. The number of anilines is 1. The van der Waals surface area contributed by atoms with E-state index >= 15 is 0 Å². The molecule has 2 amide bonds. The number of hydrogen-bond donors (Lipinski definition) is 2. The summed E-state index contributed by atoms with van der Waals surface area (Å²) in [6, 6.07) is 20.0. The molecule has 0 saturated carbocycles. The van der Waals surface area contributed by atoms with Gasteiger partial charge in [0.25, 0.3) is 0 Å². The number of unbranched alkanes of at least 4 members (excludes halogenated alkanes) is 2. The quantitative estimate of drug-likeness (QED) is 0.0798. The fraction of sp³-hybridized carbons (Fsp3) is 0.359. The predicted molar refractivity (Wildman–Crippen MR) is 196 cm³/mol. The first-order chi connectivity index (χ1) is 25.8. The van der Waals surface area contributed by atoms with Crippen molar-refractivity contribution in [2.24, 2.45) is 0 Å². The molecule has 3 atom stereocenters. The lowest BCUT2D eigenvalue weighted by Crippen LogP contribution is -2.44. The Morgan fingerprint density at radius 2 is 1.74 bits per heavy atom. The summed E-state index contributed by atoms with van der Waals surface area (Å²) in [7, 11) is 0. The first-order valence-corrected chi connectivity index (χ1v) is 18.2. The highest BCUT2D eigenvalue weighted by Crippen LogP contribution is 2.34. The van der Waals surface area contributed by atoms with Gasteiger partial charge in [0.2, 0.25) is 11.8 Å². The van der Waals surface area contributed by atoms with Crippen molar-refractivity contribution in [2.45, 2.75) is 76.2 Å². The van der Waals surface area contributed by atoms with E-state index in [-0.39, 0.29) is 35.6 Å². The van der Waals surface area contributed by atoms with Crippen LogP contribution < -0.4 is 15.9 Å². The zero-order chi connectivity index (χ0) is 36.5. The number of amides is 2. The number of rotatable bonds is 13. The third-order valence-corrected chi connectivity index (χ3v) is 10.6. The minimum atomic E-state index is -0.696. The van der Waals surface area contributed by atoms with E-state index in [0.717, 1.165) is 67.9 Å². The molecule has 3 aliphatic rings. The van der Waals surface area contributed by atoms with E-state index in [9.17, 15) is 24.3 Å². The number of aryl methyl sites for hydroxylation is 2. The van der Waals surface area contributed by atoms with Gasteiger partial charge >= 0.3 is 5.69 Å². The van der Waals surface area contributed by atoms with Crippen LogP contribution in [-0.4, -0.2) is 81.9 Å². The van der Waals surface area contributed by atoms with Crippen molar-refractivity contribution in [1.82, 2.24) is 39.3 Å². The molecule has 2 bridgehead atoms. The van der Waals surface area contributed by atoms with Crippen molar-refractivity contribution >= 4 is 34.4 Å². The molecule has 0 spiro atoms. The summed E-state index contributed by atoms with van der Waals surface area (Å²) in [5.74, 6) is -0.0229. The summed E-state index contributed by atoms with van der Waals surface area (Å²) in [5, 5.41) is 21.1. The Morgan fingerprint density at radius 1 is 0.906 bits per heavy atom. The monoisotopic (exact) mass is 715 g/mol. The number of nitrogens with one attached hydrogen (secondary N) is 1. The molecular weight excluding hydrogens is 674 g/mol. The number of carbonyl (C=O) groups is 3. The van der Waals surface area contributed by atoms with Crippen LogP contribution in [-0.2, 0) is 29.1 Å². The Balaban J connectivity index is 0.821. The fourth-order valence-electron chi connectivity index (χ4n) is 7.94. The van der Waals surface area contributed by atoms with E-state index < -0.39 is 11.9 Å². The minimum absolute atomic E-state index is 0.0107. The van der Waals surface area contributed by atoms with Crippen LogP contribution in [0.15, 0.2) is 90.0 Å². The number of para-hydroxylation sites is 3. The molecule has 1 unspecified atom stereocenters. The second-order valence-electron chi connectivity index (χ2n) is 14.1. The van der Waals surface area contributed by atoms with Gasteiger partial charge in [-0.2, -0.15) is 0 Å². The predicted octanol–water partition coefficient (Wildman–Crippen LogP) is 3.59. The summed E-state index contributed by atoms with van der Waals surface area (Å²) in [6.45, 7) is 2.66. The SMILES string of the molecule is O=C1CCC(n2c(=O)n(CCCCCc3cn(Cc4cccc(N5C[C@H]6C[C@@H]5CN6/C=C/C(=O)c5ccccc5O)n4)nn3)c3ccccc32)C(=O)N1. The lowest BCUT2D eigenvalue weighted by Gasteiger charge is -2.34. The van der Waals surface area contributed by atoms with E-state index in [0.29, 0.717) is 36.6 Å². The molecular formula is C39H41N9O5. The highest BCUT2D eigenvalue weighted by Gasteiger charge is 2.42. The van der Waals surface area contributed by atoms with E-state index in [1.807, 2.05) is 59.5 Å². The number of nitrogens with zero attached hydrogens (tertiary/aromatic N) is 8. The summed E-state index contributed by atoms with van der Waals surface area (Å²) in [5.41, 5.74) is 3.36. The van der Waals surface area contributed by atoms with Gasteiger partial charge in [0.1, 0.15) is 17.6 Å². The number of phenols is 1. The van der Waals surface area contributed by atoms with Crippen LogP contribution in [0.4, 0.5) is 5.82 Å². The Kier molecular flexibility index (Phi) is 9.33. The summed E-state index contributed by atoms with van der Waals surface area (Å²) >= 11 is 0. The minimum Gasteiger partial charge on any atom is -0.507 e. The van der Waals surface area contributed by atoms with Crippen LogP contribution in [0.3, 0.4) is 0 Å². The number of piperazine rings is 1. The number of imide groups is 1. The van der Waals surface area contributed by atoms with Crippen molar-refractivity contribution < 1.29 is 19.5 Å². The van der Waals surface area contributed by atoms with Gasteiger partial charge in [0.15, 0.2) is 5.78 Å². The van der Waals surface area contributed by atoms with Crippen LogP contribution in [0.25, 0.3) is 11.0 Å². The molecule has 3 aliphatic heterocycles. The molecule has 0 aliphatic carbocycles. The molecule has 53 heavy (non-hydrogen) atoms. The molecule has 5 aromatic rings. The van der Waals surface area contributed by atoms with E-state index in [1.165, 1.54) is 10.6 Å². The van der Waals surface area contributed by atoms with Crippen LogP contribution in [0.1, 0.15) is 66.3 Å². The maximum atomic E-state index is 13.5. The van der Waals surface area contributed by atoms with Gasteiger partial charge in [-0.05, 0) is 68.5 Å². The first-order valence-electron chi connectivity index (χ1n) is 18.2. The van der Waals surface area contributed by atoms with Crippen LogP contribution >= 0.6 is 0 Å². The maximum absolute atomic E-state index is 13.5. The maximum Gasteiger partial charge on any atom is 0.329 e. The summed E-state index contributed by atoms with van der Waals surface area (Å²) in [6.07, 6.45) is 10.2. The lowest BCUT2D eigenvalue weighted by molar-refractivity contribution is -0.135. The number of benzene rings is 2. The van der Waals surface area contributed by atoms with Gasteiger partial charge in [-0.3, -0.25) is 28.8 Å². The third kappa shape index (κ3) is 6.96. The smallest absolute Gasteiger partial charge is 0.329 e. The van der Waals surface area contributed by atoms with E-state index in [2.05, 4.69) is 25.4 Å². The average Bonchev–Trinajstić information content (AvgIpc) is 3.95. The highest BCUT2D eigenvalue weighted by molar-refractivity contribution is 6.06. The number of aromatic hydroxyl groups is 1. The normalized spacial score (nSPS) is 19.9. The number of aromatic nitrogens is 6. The van der Waals surface area contributed by atoms with Crippen molar-refractivity contribution in [3.05, 3.63) is 113 Å². The van der Waals surface area contributed by atoms with Crippen molar-refractivity contribution in [2.75, 3.05) is 18.0 Å². The molecule has 272 valence electrons. The third-order valence-electron chi connectivity index (χ3n) is 10.6. The summed E-state index contributed by atoms with van der Waals surface area (Å²) in [4.78, 5) is 59.9. The Bertz CT molecular complexity index is 2270.